The number of hydrogen-bond donors (Lipinski definition) is 0. The number of allylic oxidation sites excluding steroid dienone is 1. The molecule has 0 spiro atoms. The molecule has 232 valence electrons. The molecule has 4 aliphatic rings. The molecule has 0 N–H and O–H groups in total. The van der Waals surface area contributed by atoms with Gasteiger partial charge in [0.05, 0.1) is 6.61 Å². The van der Waals surface area contributed by atoms with E-state index in [-0.39, 0.29) is 17.5 Å². The second-order valence-electron chi connectivity index (χ2n) is 15.0. The number of halogens is 1. The van der Waals surface area contributed by atoms with Gasteiger partial charge in [-0.2, -0.15) is 0 Å². The fourth-order valence-corrected chi connectivity index (χ4v) is 10.1. The van der Waals surface area contributed by atoms with Gasteiger partial charge in [-0.15, -0.1) is 0 Å². The van der Waals surface area contributed by atoms with Gasteiger partial charge in [-0.25, -0.2) is 4.79 Å². The van der Waals surface area contributed by atoms with Gasteiger partial charge in [0, 0.05) is 17.8 Å². The first-order valence-corrected chi connectivity index (χ1v) is 18.1. The zero-order chi connectivity index (χ0) is 29.9. The molecule has 3 nitrogen and oxygen atoms in total. The summed E-state index contributed by atoms with van der Waals surface area (Å²) in [6, 6.07) is 7.81. The lowest BCUT2D eigenvalue weighted by Gasteiger charge is -2.58. The Bertz CT molecular complexity index is 1120. The molecule has 0 radical (unpaired) electrons. The lowest BCUT2D eigenvalue weighted by atomic mass is 9.47. The minimum absolute atomic E-state index is 0.00513. The number of alkyl halides is 1. The summed E-state index contributed by atoms with van der Waals surface area (Å²) >= 11 is 3.38. The van der Waals surface area contributed by atoms with E-state index in [4.69, 9.17) is 9.47 Å². The van der Waals surface area contributed by atoms with Gasteiger partial charge in [0.15, 0.2) is 0 Å². The summed E-state index contributed by atoms with van der Waals surface area (Å²) in [5.74, 6) is 5.71. The SMILES string of the molecule is CC(C)CCC[C@@H](C)[C@H]1CCC2C3CC=C4CC(OC(=O)C=Cc5ccc(OCCBr)cc5)CC[C@]4(C)C3CC[C@@]21C. The molecule has 3 saturated carbocycles. The molecule has 1 aromatic carbocycles. The molecule has 4 heteroatoms. The van der Waals surface area contributed by atoms with E-state index in [1.165, 1.54) is 51.4 Å². The minimum atomic E-state index is -0.231. The van der Waals surface area contributed by atoms with Gasteiger partial charge in [-0.1, -0.05) is 93.6 Å². The second-order valence-corrected chi connectivity index (χ2v) is 15.8. The Morgan fingerprint density at radius 2 is 1.81 bits per heavy atom. The molecule has 0 bridgehead atoms. The lowest BCUT2D eigenvalue weighted by molar-refractivity contribution is -0.145. The highest BCUT2D eigenvalue weighted by molar-refractivity contribution is 9.09. The van der Waals surface area contributed by atoms with Crippen LogP contribution in [0, 0.1) is 46.3 Å². The Morgan fingerprint density at radius 1 is 1.02 bits per heavy atom. The van der Waals surface area contributed by atoms with E-state index in [0.29, 0.717) is 12.0 Å². The maximum atomic E-state index is 12.7. The number of rotatable bonds is 11. The monoisotopic (exact) mass is 638 g/mol. The maximum Gasteiger partial charge on any atom is 0.331 e. The molecule has 4 unspecified atom stereocenters. The van der Waals surface area contributed by atoms with Crippen LogP contribution in [0.25, 0.3) is 6.08 Å². The van der Waals surface area contributed by atoms with Crippen molar-refractivity contribution in [2.24, 2.45) is 46.3 Å². The Labute approximate surface area is 264 Å². The molecule has 42 heavy (non-hydrogen) atoms. The second kappa shape index (κ2) is 13.6. The first-order valence-electron chi connectivity index (χ1n) is 17.0. The topological polar surface area (TPSA) is 35.5 Å². The number of hydrogen-bond acceptors (Lipinski definition) is 3. The van der Waals surface area contributed by atoms with Crippen LogP contribution >= 0.6 is 15.9 Å². The molecule has 0 amide bonds. The van der Waals surface area contributed by atoms with Gasteiger partial charge in [0.2, 0.25) is 0 Å². The molecule has 0 aliphatic heterocycles. The fourth-order valence-electron chi connectivity index (χ4n) is 9.95. The highest BCUT2D eigenvalue weighted by Gasteiger charge is 2.59. The predicted molar refractivity (Wildman–Crippen MR) is 178 cm³/mol. The smallest absolute Gasteiger partial charge is 0.331 e. The van der Waals surface area contributed by atoms with Crippen molar-refractivity contribution in [3.63, 3.8) is 0 Å². The van der Waals surface area contributed by atoms with Crippen LogP contribution in [0.2, 0.25) is 0 Å². The van der Waals surface area contributed by atoms with Crippen molar-refractivity contribution in [3.8, 4) is 5.75 Å². The Kier molecular flexibility index (Phi) is 10.3. The molecule has 5 rings (SSSR count). The van der Waals surface area contributed by atoms with E-state index < -0.39 is 0 Å². The molecule has 0 aromatic heterocycles. The van der Waals surface area contributed by atoms with Gasteiger partial charge in [0.1, 0.15) is 11.9 Å². The summed E-state index contributed by atoms with van der Waals surface area (Å²) < 4.78 is 11.6. The third kappa shape index (κ3) is 6.74. The molecule has 1 aromatic rings. The van der Waals surface area contributed by atoms with Crippen LogP contribution < -0.4 is 4.74 Å². The van der Waals surface area contributed by atoms with E-state index in [9.17, 15) is 4.79 Å². The van der Waals surface area contributed by atoms with E-state index in [1.54, 1.807) is 11.6 Å². The zero-order valence-corrected chi connectivity index (χ0v) is 28.5. The predicted octanol–water partition coefficient (Wildman–Crippen LogP) is 10.4. The van der Waals surface area contributed by atoms with E-state index in [1.807, 2.05) is 30.3 Å². The van der Waals surface area contributed by atoms with Crippen molar-refractivity contribution in [1.82, 2.24) is 0 Å². The van der Waals surface area contributed by atoms with Gasteiger partial charge in [-0.3, -0.25) is 0 Å². The molecule has 0 saturated heterocycles. The summed E-state index contributed by atoms with van der Waals surface area (Å²) in [4.78, 5) is 12.7. The molecule has 3 fully saturated rings. The average molecular weight is 640 g/mol. The highest BCUT2D eigenvalue weighted by Crippen LogP contribution is 2.67. The van der Waals surface area contributed by atoms with Crippen molar-refractivity contribution in [2.45, 2.75) is 111 Å². The average Bonchev–Trinajstić information content (AvgIpc) is 3.33. The molecular weight excluding hydrogens is 584 g/mol. The van der Waals surface area contributed by atoms with Gasteiger partial charge < -0.3 is 9.47 Å². The number of fused-ring (bicyclic) bond motifs is 5. The quantitative estimate of drug-likeness (QED) is 0.105. The summed E-state index contributed by atoms with van der Waals surface area (Å²) in [6.07, 6.45) is 20.2. The Morgan fingerprint density at radius 3 is 2.55 bits per heavy atom. The van der Waals surface area contributed by atoms with Crippen LogP contribution in [0.1, 0.15) is 111 Å². The lowest BCUT2D eigenvalue weighted by Crippen LogP contribution is -2.51. The summed E-state index contributed by atoms with van der Waals surface area (Å²) in [5.41, 5.74) is 3.36. The van der Waals surface area contributed by atoms with Crippen LogP contribution in [0.5, 0.6) is 5.75 Å². The van der Waals surface area contributed by atoms with Crippen molar-refractivity contribution >= 4 is 28.0 Å². The van der Waals surface area contributed by atoms with Gasteiger partial charge >= 0.3 is 5.97 Å². The van der Waals surface area contributed by atoms with Gasteiger partial charge in [-0.05, 0) is 115 Å². The molecule has 0 heterocycles. The standard InChI is InChI=1S/C38H55BrO3/c1-26(2)7-6-8-27(3)33-16-17-34-32-15-12-29-25-31(19-21-37(29,4)35(32)20-22-38(33,34)5)42-36(40)18-11-28-9-13-30(14-10-28)41-24-23-39/h9-14,18,26-27,31-35H,6-8,15-17,19-25H2,1-5H3/t27-,31?,32?,33-,34?,35?,37+,38-/m1/s1. The van der Waals surface area contributed by atoms with Crippen molar-refractivity contribution in [2.75, 3.05) is 11.9 Å². The Balaban J connectivity index is 1.17. The summed E-state index contributed by atoms with van der Waals surface area (Å²) in [6.45, 7) is 13.2. The maximum absolute atomic E-state index is 12.7. The third-order valence-corrected chi connectivity index (χ3v) is 12.5. The number of carbonyl (C=O) groups excluding carboxylic acids is 1. The van der Waals surface area contributed by atoms with Crippen LogP contribution in [0.3, 0.4) is 0 Å². The fraction of sp³-hybridized carbons (Fsp3) is 0.711. The van der Waals surface area contributed by atoms with Crippen molar-refractivity contribution in [1.29, 1.82) is 0 Å². The van der Waals surface area contributed by atoms with Crippen molar-refractivity contribution in [3.05, 3.63) is 47.6 Å². The van der Waals surface area contributed by atoms with E-state index in [2.05, 4.69) is 56.6 Å². The normalized spacial score (nSPS) is 34.8. The number of ether oxygens (including phenoxy) is 2. The summed E-state index contributed by atoms with van der Waals surface area (Å²) in [7, 11) is 0. The number of esters is 1. The molecule has 4 aliphatic carbocycles. The van der Waals surface area contributed by atoms with Crippen LogP contribution in [-0.2, 0) is 9.53 Å². The van der Waals surface area contributed by atoms with Crippen LogP contribution in [0.4, 0.5) is 0 Å². The minimum Gasteiger partial charge on any atom is -0.493 e. The van der Waals surface area contributed by atoms with Crippen LogP contribution in [-0.4, -0.2) is 24.0 Å². The summed E-state index contributed by atoms with van der Waals surface area (Å²) in [5, 5.41) is 0.803. The molecular formula is C38H55BrO3. The van der Waals surface area contributed by atoms with Gasteiger partial charge in [0.25, 0.3) is 0 Å². The van der Waals surface area contributed by atoms with Crippen molar-refractivity contribution < 1.29 is 14.3 Å². The number of carbonyl (C=O) groups is 1. The highest BCUT2D eigenvalue weighted by atomic mass is 79.9. The molecule has 8 atom stereocenters. The Hall–Kier alpha value is -1.55. The largest absolute Gasteiger partial charge is 0.493 e. The van der Waals surface area contributed by atoms with E-state index in [0.717, 1.165) is 71.4 Å². The van der Waals surface area contributed by atoms with E-state index >= 15 is 0 Å². The third-order valence-electron chi connectivity index (χ3n) is 12.2. The number of benzene rings is 1. The first-order chi connectivity index (χ1) is 20.1. The van der Waals surface area contributed by atoms with Crippen LogP contribution in [0.15, 0.2) is 42.0 Å². The zero-order valence-electron chi connectivity index (χ0n) is 26.9. The first kappa shape index (κ1) is 31.9.